The Kier molecular flexibility index (Phi) is 6.78. The molecule has 122 valence electrons. The van der Waals surface area contributed by atoms with E-state index in [1.807, 2.05) is 60.7 Å². The van der Waals surface area contributed by atoms with E-state index < -0.39 is 18.1 Å². The zero-order valence-electron chi connectivity index (χ0n) is 13.1. The summed E-state index contributed by atoms with van der Waals surface area (Å²) < 4.78 is 0. The molecule has 0 radical (unpaired) electrons. The zero-order chi connectivity index (χ0) is 16.5. The maximum absolute atomic E-state index is 12.1. The van der Waals surface area contributed by atoms with Gasteiger partial charge in [-0.3, -0.25) is 4.79 Å². The molecule has 0 bridgehead atoms. The van der Waals surface area contributed by atoms with Gasteiger partial charge in [0.05, 0.1) is 12.6 Å². The summed E-state index contributed by atoms with van der Waals surface area (Å²) in [4.78, 5) is 12.1. The van der Waals surface area contributed by atoms with E-state index in [-0.39, 0.29) is 6.61 Å². The van der Waals surface area contributed by atoms with Crippen molar-refractivity contribution in [3.8, 4) is 0 Å². The Hall–Kier alpha value is -2.17. The molecular formula is C19H23NO3. The maximum Gasteiger partial charge on any atom is 0.249 e. The predicted molar refractivity (Wildman–Crippen MR) is 89.8 cm³/mol. The second kappa shape index (κ2) is 9.08. The summed E-state index contributed by atoms with van der Waals surface area (Å²) in [5, 5.41) is 22.1. The Morgan fingerprint density at radius 3 is 2.22 bits per heavy atom. The van der Waals surface area contributed by atoms with Gasteiger partial charge in [-0.05, 0) is 30.4 Å². The van der Waals surface area contributed by atoms with Crippen LogP contribution < -0.4 is 5.32 Å². The normalized spacial score (nSPS) is 13.3. The summed E-state index contributed by atoms with van der Waals surface area (Å²) in [7, 11) is 0. The fourth-order valence-corrected chi connectivity index (χ4v) is 2.46. The van der Waals surface area contributed by atoms with Crippen LogP contribution in [0.2, 0.25) is 0 Å². The monoisotopic (exact) mass is 313 g/mol. The van der Waals surface area contributed by atoms with Crippen LogP contribution in [-0.4, -0.2) is 28.8 Å². The maximum atomic E-state index is 12.1. The lowest BCUT2D eigenvalue weighted by molar-refractivity contribution is -0.130. The molecule has 0 aromatic heterocycles. The summed E-state index contributed by atoms with van der Waals surface area (Å²) >= 11 is 0. The Labute approximate surface area is 136 Å². The SMILES string of the molecule is O=C(NC(CO)c1ccccc1)C(O)CCCc1ccccc1. The smallest absolute Gasteiger partial charge is 0.249 e. The van der Waals surface area contributed by atoms with Crippen LogP contribution in [0.1, 0.15) is 30.0 Å². The first-order valence-corrected chi connectivity index (χ1v) is 7.89. The number of aryl methyl sites for hydroxylation is 1. The number of benzene rings is 2. The van der Waals surface area contributed by atoms with E-state index in [1.165, 1.54) is 5.56 Å². The van der Waals surface area contributed by atoms with Crippen molar-refractivity contribution in [2.24, 2.45) is 0 Å². The number of aliphatic hydroxyl groups is 2. The van der Waals surface area contributed by atoms with Crippen molar-refractivity contribution in [2.75, 3.05) is 6.61 Å². The Bertz CT molecular complexity index is 586. The predicted octanol–water partition coefficient (Wildman–Crippen LogP) is 2.22. The van der Waals surface area contributed by atoms with Gasteiger partial charge in [0.1, 0.15) is 6.10 Å². The van der Waals surface area contributed by atoms with Crippen molar-refractivity contribution in [3.05, 3.63) is 71.8 Å². The number of hydrogen-bond acceptors (Lipinski definition) is 3. The molecule has 1 amide bonds. The minimum atomic E-state index is -1.06. The molecule has 0 spiro atoms. The van der Waals surface area contributed by atoms with Gasteiger partial charge in [-0.15, -0.1) is 0 Å². The lowest BCUT2D eigenvalue weighted by Gasteiger charge is -2.19. The van der Waals surface area contributed by atoms with Gasteiger partial charge in [0, 0.05) is 0 Å². The first-order valence-electron chi connectivity index (χ1n) is 7.89. The van der Waals surface area contributed by atoms with Gasteiger partial charge in [0.2, 0.25) is 5.91 Å². The van der Waals surface area contributed by atoms with Crippen LogP contribution in [0.3, 0.4) is 0 Å². The molecule has 0 fully saturated rings. The van der Waals surface area contributed by atoms with Crippen LogP contribution in [0.15, 0.2) is 60.7 Å². The minimum absolute atomic E-state index is 0.202. The topological polar surface area (TPSA) is 69.6 Å². The molecule has 0 aliphatic carbocycles. The van der Waals surface area contributed by atoms with Crippen molar-refractivity contribution >= 4 is 5.91 Å². The molecule has 23 heavy (non-hydrogen) atoms. The van der Waals surface area contributed by atoms with Gasteiger partial charge < -0.3 is 15.5 Å². The number of aliphatic hydroxyl groups excluding tert-OH is 2. The fraction of sp³-hybridized carbons (Fsp3) is 0.316. The van der Waals surface area contributed by atoms with Crippen LogP contribution in [0.5, 0.6) is 0 Å². The molecule has 2 aromatic rings. The highest BCUT2D eigenvalue weighted by atomic mass is 16.3. The number of amides is 1. The molecule has 3 N–H and O–H groups in total. The van der Waals surface area contributed by atoms with Crippen molar-refractivity contribution in [1.82, 2.24) is 5.32 Å². The lowest BCUT2D eigenvalue weighted by atomic mass is 10.0. The zero-order valence-corrected chi connectivity index (χ0v) is 13.1. The highest BCUT2D eigenvalue weighted by molar-refractivity contribution is 5.80. The molecule has 0 aliphatic heterocycles. The number of rotatable bonds is 8. The fourth-order valence-electron chi connectivity index (χ4n) is 2.46. The van der Waals surface area contributed by atoms with E-state index in [1.54, 1.807) is 0 Å². The van der Waals surface area contributed by atoms with Crippen molar-refractivity contribution in [2.45, 2.75) is 31.4 Å². The quantitative estimate of drug-likeness (QED) is 0.700. The highest BCUT2D eigenvalue weighted by Crippen LogP contribution is 2.13. The first kappa shape index (κ1) is 17.2. The Balaban J connectivity index is 1.80. The van der Waals surface area contributed by atoms with Crippen LogP contribution >= 0.6 is 0 Å². The van der Waals surface area contributed by atoms with Crippen molar-refractivity contribution < 1.29 is 15.0 Å². The second-order valence-corrected chi connectivity index (χ2v) is 5.55. The van der Waals surface area contributed by atoms with Gasteiger partial charge in [0.25, 0.3) is 0 Å². The molecule has 2 rings (SSSR count). The third-order valence-electron chi connectivity index (χ3n) is 3.79. The van der Waals surface area contributed by atoms with E-state index in [0.717, 1.165) is 18.4 Å². The van der Waals surface area contributed by atoms with Gasteiger partial charge in [-0.1, -0.05) is 60.7 Å². The number of carbonyl (C=O) groups is 1. The first-order chi connectivity index (χ1) is 11.2. The summed E-state index contributed by atoms with van der Waals surface area (Å²) in [6, 6.07) is 18.7. The average molecular weight is 313 g/mol. The van der Waals surface area contributed by atoms with Gasteiger partial charge in [-0.25, -0.2) is 0 Å². The summed E-state index contributed by atoms with van der Waals surface area (Å²) in [6.45, 7) is -0.202. The summed E-state index contributed by atoms with van der Waals surface area (Å²) in [5.74, 6) is -0.444. The average Bonchev–Trinajstić information content (AvgIpc) is 2.61. The van der Waals surface area contributed by atoms with Gasteiger partial charge in [-0.2, -0.15) is 0 Å². The standard InChI is InChI=1S/C19H23NO3/c21-14-17(16-11-5-2-6-12-16)20-19(23)18(22)13-7-10-15-8-3-1-4-9-15/h1-6,8-9,11-12,17-18,21-22H,7,10,13-14H2,(H,20,23). The third-order valence-corrected chi connectivity index (χ3v) is 3.79. The molecule has 2 atom stereocenters. The molecule has 0 heterocycles. The number of hydrogen-bond donors (Lipinski definition) is 3. The number of carbonyl (C=O) groups excluding carboxylic acids is 1. The van der Waals surface area contributed by atoms with E-state index in [9.17, 15) is 15.0 Å². The second-order valence-electron chi connectivity index (χ2n) is 5.55. The van der Waals surface area contributed by atoms with Crippen molar-refractivity contribution in [1.29, 1.82) is 0 Å². The number of nitrogens with one attached hydrogen (secondary N) is 1. The Morgan fingerprint density at radius 2 is 1.61 bits per heavy atom. The lowest BCUT2D eigenvalue weighted by Crippen LogP contribution is -2.38. The van der Waals surface area contributed by atoms with Gasteiger partial charge in [0.15, 0.2) is 0 Å². The van der Waals surface area contributed by atoms with Crippen LogP contribution in [0.25, 0.3) is 0 Å². The molecule has 2 aromatic carbocycles. The van der Waals surface area contributed by atoms with Crippen LogP contribution in [-0.2, 0) is 11.2 Å². The third kappa shape index (κ3) is 5.51. The molecule has 0 saturated heterocycles. The molecule has 4 nitrogen and oxygen atoms in total. The van der Waals surface area contributed by atoms with E-state index in [4.69, 9.17) is 0 Å². The van der Waals surface area contributed by atoms with E-state index in [0.29, 0.717) is 6.42 Å². The van der Waals surface area contributed by atoms with E-state index in [2.05, 4.69) is 5.32 Å². The summed E-state index contributed by atoms with van der Waals surface area (Å²) in [5.41, 5.74) is 2.01. The molecular weight excluding hydrogens is 290 g/mol. The summed E-state index contributed by atoms with van der Waals surface area (Å²) in [6.07, 6.45) is 0.894. The molecule has 0 saturated carbocycles. The molecule has 4 heteroatoms. The van der Waals surface area contributed by atoms with Crippen LogP contribution in [0, 0.1) is 0 Å². The van der Waals surface area contributed by atoms with Crippen LogP contribution in [0.4, 0.5) is 0 Å². The molecule has 2 unspecified atom stereocenters. The highest BCUT2D eigenvalue weighted by Gasteiger charge is 2.19. The largest absolute Gasteiger partial charge is 0.394 e. The van der Waals surface area contributed by atoms with E-state index >= 15 is 0 Å². The van der Waals surface area contributed by atoms with Crippen molar-refractivity contribution in [3.63, 3.8) is 0 Å². The Morgan fingerprint density at radius 1 is 1.00 bits per heavy atom. The molecule has 0 aliphatic rings. The van der Waals surface area contributed by atoms with Gasteiger partial charge >= 0.3 is 0 Å². The minimum Gasteiger partial charge on any atom is -0.394 e.